The largest absolute Gasteiger partial charge is 0.458 e. The van der Waals surface area contributed by atoms with Crippen LogP contribution in [0.25, 0.3) is 0 Å². The summed E-state index contributed by atoms with van der Waals surface area (Å²) < 4.78 is 18.1. The highest BCUT2D eigenvalue weighted by atomic mass is 16.6. The fourth-order valence-electron chi connectivity index (χ4n) is 7.82. The fourth-order valence-corrected chi connectivity index (χ4v) is 7.82. The molecule has 0 aromatic heterocycles. The molecule has 1 aromatic rings. The van der Waals surface area contributed by atoms with Crippen molar-refractivity contribution in [3.63, 3.8) is 0 Å². The van der Waals surface area contributed by atoms with E-state index in [2.05, 4.69) is 10.6 Å². The molecule has 1 aliphatic rings. The van der Waals surface area contributed by atoms with Gasteiger partial charge in [-0.1, -0.05) is 92.1 Å². The van der Waals surface area contributed by atoms with E-state index in [1.54, 1.807) is 42.9 Å². The first-order valence-electron chi connectivity index (χ1n) is 21.7. The smallest absolute Gasteiger partial charge is 0.329 e. The molecule has 1 aliphatic heterocycles. The number of benzene rings is 1. The van der Waals surface area contributed by atoms with E-state index in [1.807, 2.05) is 113 Å². The number of ether oxygens (including phenoxy) is 3. The lowest BCUT2D eigenvalue weighted by Crippen LogP contribution is -2.59. The molecule has 5 amide bonds. The molecule has 0 spiro atoms. The number of nitrogens with one attached hydrogen (secondary N) is 2. The highest BCUT2D eigenvalue weighted by molar-refractivity contribution is 5.88. The van der Waals surface area contributed by atoms with Crippen LogP contribution in [0, 0.1) is 23.2 Å². The van der Waals surface area contributed by atoms with Crippen molar-refractivity contribution in [2.75, 3.05) is 34.4 Å². The standard InChI is InChI=1S/C46H79N5O8/c1-17-31(7)39(49(14)42(54)38(29(3)4)48-44(56)50(18-2)30(5)6)36(57-15)28-37(52)51-26-22-25-35(51)40(58-16)32(8)41(53)47-34(27-33-23-20-19-21-24-33)43(55)59-46(12,13)45(9,10)11/h19-21,23-24,29-32,34-36,38-40H,17-18,22,25-28H2,1-16H3,(H,47,53)(H,48,56)/t31-,32+,34-,35-,36+,38-,39-,40+/m0/s1. The van der Waals surface area contributed by atoms with Gasteiger partial charge in [0.05, 0.1) is 36.6 Å². The summed E-state index contributed by atoms with van der Waals surface area (Å²) in [6, 6.07) is 6.55. The van der Waals surface area contributed by atoms with Crippen LogP contribution in [0.3, 0.4) is 0 Å². The van der Waals surface area contributed by atoms with Gasteiger partial charge in [0.1, 0.15) is 17.7 Å². The zero-order chi connectivity index (χ0) is 45.0. The normalized spacial score (nSPS) is 18.3. The molecule has 1 heterocycles. The van der Waals surface area contributed by atoms with Gasteiger partial charge in [-0.2, -0.15) is 0 Å². The SMILES string of the molecule is CC[C@H](C)[C@@H]([C@@H](CC(=O)N1CCC[C@H]1[C@H](OC)[C@@H](C)C(=O)N[C@@H](Cc1ccccc1)C(=O)OC(C)(C)C(C)(C)C)OC)N(C)C(=O)[C@@H](NC(=O)N(CC)C(C)C)C(C)C. The first-order chi connectivity index (χ1) is 27.5. The Morgan fingerprint density at radius 1 is 0.898 bits per heavy atom. The van der Waals surface area contributed by atoms with Crippen molar-refractivity contribution in [3.05, 3.63) is 35.9 Å². The van der Waals surface area contributed by atoms with Crippen molar-refractivity contribution in [2.45, 2.75) is 170 Å². The number of likely N-dealkylation sites (tertiary alicyclic amines) is 1. The van der Waals surface area contributed by atoms with Gasteiger partial charge in [0.25, 0.3) is 0 Å². The van der Waals surface area contributed by atoms with Gasteiger partial charge in [0.15, 0.2) is 0 Å². The van der Waals surface area contributed by atoms with Crippen LogP contribution in [0.5, 0.6) is 0 Å². The van der Waals surface area contributed by atoms with Gasteiger partial charge >= 0.3 is 12.0 Å². The molecule has 0 radical (unpaired) electrons. The van der Waals surface area contributed by atoms with E-state index in [4.69, 9.17) is 14.2 Å². The average molecular weight is 830 g/mol. The quantitative estimate of drug-likeness (QED) is 0.134. The summed E-state index contributed by atoms with van der Waals surface area (Å²) in [5, 5.41) is 5.96. The second-order valence-corrected chi connectivity index (χ2v) is 18.6. The van der Waals surface area contributed by atoms with E-state index in [1.165, 1.54) is 0 Å². The molecular formula is C46H79N5O8. The number of esters is 1. The maximum atomic E-state index is 14.4. The summed E-state index contributed by atoms with van der Waals surface area (Å²) in [6.07, 6.45) is 1.01. The van der Waals surface area contributed by atoms with Crippen LogP contribution >= 0.6 is 0 Å². The second kappa shape index (κ2) is 22.8. The number of likely N-dealkylation sites (N-methyl/N-ethyl adjacent to an activating group) is 1. The van der Waals surface area contributed by atoms with Gasteiger partial charge in [0.2, 0.25) is 17.7 Å². The Balaban J connectivity index is 2.34. The number of methoxy groups -OCH3 is 2. The topological polar surface area (TPSA) is 147 Å². The Bertz CT molecular complexity index is 1510. The van der Waals surface area contributed by atoms with E-state index in [0.29, 0.717) is 19.5 Å². The summed E-state index contributed by atoms with van der Waals surface area (Å²) in [7, 11) is 4.82. The highest BCUT2D eigenvalue weighted by Gasteiger charge is 2.44. The summed E-state index contributed by atoms with van der Waals surface area (Å²) in [5.41, 5.74) is -0.279. The number of rotatable bonds is 21. The van der Waals surface area contributed by atoms with Gasteiger partial charge in [-0.15, -0.1) is 0 Å². The van der Waals surface area contributed by atoms with Gasteiger partial charge in [-0.05, 0) is 64.9 Å². The van der Waals surface area contributed by atoms with E-state index in [9.17, 15) is 24.0 Å². The monoisotopic (exact) mass is 830 g/mol. The first-order valence-corrected chi connectivity index (χ1v) is 21.7. The molecule has 1 aromatic carbocycles. The van der Waals surface area contributed by atoms with E-state index >= 15 is 0 Å². The van der Waals surface area contributed by atoms with Crippen LogP contribution < -0.4 is 10.6 Å². The second-order valence-electron chi connectivity index (χ2n) is 18.6. The zero-order valence-electron chi connectivity index (χ0n) is 39.2. The third-order valence-electron chi connectivity index (χ3n) is 12.7. The Hall–Kier alpha value is -3.71. The molecule has 1 fully saturated rings. The number of carbonyl (C=O) groups excluding carboxylic acids is 5. The molecule has 0 aliphatic carbocycles. The molecule has 1 saturated heterocycles. The third-order valence-corrected chi connectivity index (χ3v) is 12.7. The van der Waals surface area contributed by atoms with Crippen LogP contribution in [0.2, 0.25) is 0 Å². The predicted octanol–water partition coefficient (Wildman–Crippen LogP) is 6.47. The van der Waals surface area contributed by atoms with Gasteiger partial charge in [-0.25, -0.2) is 9.59 Å². The molecule has 336 valence electrons. The molecule has 2 N–H and O–H groups in total. The summed E-state index contributed by atoms with van der Waals surface area (Å²) >= 11 is 0. The Morgan fingerprint density at radius 2 is 1.51 bits per heavy atom. The van der Waals surface area contributed by atoms with E-state index in [-0.39, 0.29) is 59.9 Å². The van der Waals surface area contributed by atoms with Crippen molar-refractivity contribution < 1.29 is 38.2 Å². The van der Waals surface area contributed by atoms with Crippen LogP contribution in [0.4, 0.5) is 4.79 Å². The van der Waals surface area contributed by atoms with Crippen LogP contribution in [0.1, 0.15) is 121 Å². The molecule has 0 bridgehead atoms. The number of urea groups is 1. The molecule has 59 heavy (non-hydrogen) atoms. The Morgan fingerprint density at radius 3 is 2.00 bits per heavy atom. The van der Waals surface area contributed by atoms with Crippen LogP contribution in [0.15, 0.2) is 30.3 Å². The zero-order valence-corrected chi connectivity index (χ0v) is 39.2. The number of hydrogen-bond acceptors (Lipinski definition) is 8. The lowest BCUT2D eigenvalue weighted by atomic mass is 9.79. The van der Waals surface area contributed by atoms with E-state index in [0.717, 1.165) is 18.4 Å². The number of carbonyl (C=O) groups is 5. The maximum Gasteiger partial charge on any atom is 0.329 e. The molecular weight excluding hydrogens is 751 g/mol. The molecule has 2 rings (SSSR count). The minimum atomic E-state index is -0.947. The summed E-state index contributed by atoms with van der Waals surface area (Å²) in [6.45, 7) is 26.1. The van der Waals surface area contributed by atoms with Crippen molar-refractivity contribution in [1.82, 2.24) is 25.3 Å². The third kappa shape index (κ3) is 13.6. The molecule has 13 heteroatoms. The molecule has 13 nitrogen and oxygen atoms in total. The Kier molecular flexibility index (Phi) is 19.8. The minimum Gasteiger partial charge on any atom is -0.458 e. The van der Waals surface area contributed by atoms with Crippen molar-refractivity contribution in [3.8, 4) is 0 Å². The predicted molar refractivity (Wildman–Crippen MR) is 232 cm³/mol. The minimum absolute atomic E-state index is 0.000851. The lowest BCUT2D eigenvalue weighted by Gasteiger charge is -2.41. The first kappa shape index (κ1) is 51.4. The molecule has 8 atom stereocenters. The number of hydrogen-bond donors (Lipinski definition) is 2. The molecule has 0 unspecified atom stereocenters. The summed E-state index contributed by atoms with van der Waals surface area (Å²) in [5.74, 6) is -2.27. The maximum absolute atomic E-state index is 14.4. The molecule has 0 saturated carbocycles. The van der Waals surface area contributed by atoms with Crippen molar-refractivity contribution in [2.24, 2.45) is 23.2 Å². The highest BCUT2D eigenvalue weighted by Crippen LogP contribution is 2.34. The lowest BCUT2D eigenvalue weighted by molar-refractivity contribution is -0.171. The van der Waals surface area contributed by atoms with Crippen molar-refractivity contribution >= 4 is 29.7 Å². The van der Waals surface area contributed by atoms with Crippen molar-refractivity contribution in [1.29, 1.82) is 0 Å². The van der Waals surface area contributed by atoms with Gasteiger partial charge in [0, 0.05) is 52.2 Å². The number of nitrogens with zero attached hydrogens (tertiary/aromatic N) is 3. The van der Waals surface area contributed by atoms with E-state index < -0.39 is 53.9 Å². The van der Waals surface area contributed by atoms with Crippen LogP contribution in [-0.4, -0.2) is 127 Å². The van der Waals surface area contributed by atoms with Crippen LogP contribution in [-0.2, 0) is 39.8 Å². The number of amides is 5. The van der Waals surface area contributed by atoms with Gasteiger partial charge in [-0.3, -0.25) is 14.4 Å². The van der Waals surface area contributed by atoms with Gasteiger partial charge < -0.3 is 39.5 Å². The summed E-state index contributed by atoms with van der Waals surface area (Å²) in [4.78, 5) is 74.8. The fraction of sp³-hybridized carbons (Fsp3) is 0.761. The average Bonchev–Trinajstić information content (AvgIpc) is 3.65. The Labute approximate surface area is 356 Å².